The van der Waals surface area contributed by atoms with Gasteiger partial charge in [-0.05, 0) is 80.9 Å². The number of halogens is 1. The van der Waals surface area contributed by atoms with E-state index in [9.17, 15) is 24.3 Å². The van der Waals surface area contributed by atoms with E-state index in [0.29, 0.717) is 18.0 Å². The number of amides is 4. The van der Waals surface area contributed by atoms with E-state index in [2.05, 4.69) is 21.3 Å². The van der Waals surface area contributed by atoms with Crippen LogP contribution in [-0.4, -0.2) is 65.8 Å². The molecule has 2 saturated carbocycles. The summed E-state index contributed by atoms with van der Waals surface area (Å²) in [6.45, 7) is 4.34. The first-order valence-corrected chi connectivity index (χ1v) is 15.2. The Labute approximate surface area is 246 Å². The minimum Gasteiger partial charge on any atom is -0.436 e. The zero-order valence-corrected chi connectivity index (χ0v) is 24.6. The highest BCUT2D eigenvalue weighted by atomic mass is 35.5. The second kappa shape index (κ2) is 14.4. The highest BCUT2D eigenvalue weighted by Crippen LogP contribution is 2.30. The molecule has 3 fully saturated rings. The van der Waals surface area contributed by atoms with E-state index in [1.165, 1.54) is 0 Å². The van der Waals surface area contributed by atoms with Crippen LogP contribution in [0.2, 0.25) is 5.02 Å². The molecule has 4 rings (SSSR count). The second-order valence-electron chi connectivity index (χ2n) is 12.2. The highest BCUT2D eigenvalue weighted by Gasteiger charge is 2.38. The van der Waals surface area contributed by atoms with Gasteiger partial charge in [0.15, 0.2) is 12.2 Å². The van der Waals surface area contributed by atoms with Crippen molar-refractivity contribution in [2.24, 2.45) is 17.8 Å². The molecule has 2 unspecified atom stereocenters. The van der Waals surface area contributed by atoms with E-state index in [0.717, 1.165) is 44.1 Å². The van der Waals surface area contributed by atoms with Gasteiger partial charge in [0, 0.05) is 29.6 Å². The Bertz CT molecular complexity index is 1100. The Balaban J connectivity index is 1.38. The Morgan fingerprint density at radius 3 is 2.54 bits per heavy atom. The first-order valence-electron chi connectivity index (χ1n) is 14.9. The third kappa shape index (κ3) is 9.33. The van der Waals surface area contributed by atoms with E-state index >= 15 is 0 Å². The summed E-state index contributed by atoms with van der Waals surface area (Å²) in [6, 6.07) is 6.63. The lowest BCUT2D eigenvalue weighted by atomic mass is 9.94. The molecule has 1 saturated heterocycles. The fraction of sp³-hybridized carbons (Fsp3) is 0.667. The summed E-state index contributed by atoms with van der Waals surface area (Å²) >= 11 is 6.15. The number of hydrogen-bond acceptors (Lipinski definition) is 6. The van der Waals surface area contributed by atoms with Crippen molar-refractivity contribution in [3.8, 4) is 0 Å². The summed E-state index contributed by atoms with van der Waals surface area (Å²) in [4.78, 5) is 51.4. The lowest BCUT2D eigenvalue weighted by Crippen LogP contribution is -2.55. The van der Waals surface area contributed by atoms with Gasteiger partial charge in [-0.3, -0.25) is 14.4 Å². The Morgan fingerprint density at radius 1 is 1.10 bits per heavy atom. The van der Waals surface area contributed by atoms with Crippen molar-refractivity contribution in [1.82, 2.24) is 21.3 Å². The predicted octanol–water partition coefficient (Wildman–Crippen LogP) is 2.84. The SMILES string of the molecule is CC(C)C[C@H](OC(=O)NC1CCCC1Cc1cccc(Cl)c1)C(=O)N[C@@H](C[C@@H]1CCNC1=O)[C@H](O)C(=O)NC1CC1. The van der Waals surface area contributed by atoms with Crippen LogP contribution in [0.25, 0.3) is 0 Å². The van der Waals surface area contributed by atoms with Gasteiger partial charge in [0.2, 0.25) is 5.91 Å². The molecular weight excluding hydrogens is 548 g/mol. The van der Waals surface area contributed by atoms with Gasteiger partial charge in [0.1, 0.15) is 0 Å². The standard InChI is InChI=1S/C30H43ClN4O6/c1-17(2)13-25(41-30(40)35-23-8-4-6-19(23)14-18-5-3-7-21(31)15-18)28(38)34-24(16-20-11-12-32-27(20)37)26(36)29(39)33-22-9-10-22/h3,5,7,15,17,19-20,22-26,36H,4,6,8-14,16H2,1-2H3,(H,32,37)(H,33,39)(H,34,38)(H,35,40)/t19?,20-,23?,24-,25-,26-/m0/s1. The summed E-state index contributed by atoms with van der Waals surface area (Å²) in [6.07, 6.45) is 2.81. The van der Waals surface area contributed by atoms with Gasteiger partial charge in [-0.25, -0.2) is 4.79 Å². The number of hydrogen-bond donors (Lipinski definition) is 5. The van der Waals surface area contributed by atoms with Gasteiger partial charge in [-0.2, -0.15) is 0 Å². The molecule has 6 atom stereocenters. The molecule has 2 aliphatic carbocycles. The molecule has 0 aromatic heterocycles. The van der Waals surface area contributed by atoms with Crippen LogP contribution in [0.1, 0.15) is 70.8 Å². The third-order valence-corrected chi connectivity index (χ3v) is 8.41. The molecule has 10 nitrogen and oxygen atoms in total. The maximum absolute atomic E-state index is 13.4. The molecule has 0 bridgehead atoms. The molecule has 4 amide bonds. The second-order valence-corrected chi connectivity index (χ2v) is 12.6. The van der Waals surface area contributed by atoms with E-state index < -0.39 is 42.1 Å². The van der Waals surface area contributed by atoms with Gasteiger partial charge < -0.3 is 31.1 Å². The van der Waals surface area contributed by atoms with Crippen LogP contribution in [0.3, 0.4) is 0 Å². The Morgan fingerprint density at radius 2 is 1.88 bits per heavy atom. The summed E-state index contributed by atoms with van der Waals surface area (Å²) in [5.74, 6) is -1.53. The van der Waals surface area contributed by atoms with Gasteiger partial charge in [-0.15, -0.1) is 0 Å². The zero-order chi connectivity index (χ0) is 29.5. The quantitative estimate of drug-likeness (QED) is 0.239. The smallest absolute Gasteiger partial charge is 0.408 e. The molecule has 41 heavy (non-hydrogen) atoms. The molecule has 3 aliphatic rings. The average Bonchev–Trinajstić information content (AvgIpc) is 3.48. The fourth-order valence-corrected chi connectivity index (χ4v) is 6.02. The molecule has 1 aliphatic heterocycles. The van der Waals surface area contributed by atoms with Gasteiger partial charge in [0.25, 0.3) is 11.8 Å². The summed E-state index contributed by atoms with van der Waals surface area (Å²) in [5.41, 5.74) is 1.10. The van der Waals surface area contributed by atoms with Crippen LogP contribution in [-0.2, 0) is 25.5 Å². The first kappa shape index (κ1) is 31.1. The van der Waals surface area contributed by atoms with Crippen molar-refractivity contribution in [3.63, 3.8) is 0 Å². The Kier molecular flexibility index (Phi) is 10.9. The van der Waals surface area contributed by atoms with E-state index in [1.54, 1.807) is 0 Å². The van der Waals surface area contributed by atoms with Crippen LogP contribution in [0.15, 0.2) is 24.3 Å². The van der Waals surface area contributed by atoms with Crippen LogP contribution in [0, 0.1) is 17.8 Å². The number of aliphatic hydroxyl groups excluding tert-OH is 1. The van der Waals surface area contributed by atoms with Crippen LogP contribution in [0.4, 0.5) is 4.79 Å². The largest absolute Gasteiger partial charge is 0.436 e. The topological polar surface area (TPSA) is 146 Å². The maximum atomic E-state index is 13.4. The number of aliphatic hydroxyl groups is 1. The van der Waals surface area contributed by atoms with Gasteiger partial charge in [-0.1, -0.05) is 44.0 Å². The number of nitrogens with one attached hydrogen (secondary N) is 4. The predicted molar refractivity (Wildman–Crippen MR) is 154 cm³/mol. The number of carbonyl (C=O) groups excluding carboxylic acids is 4. The van der Waals surface area contributed by atoms with Crippen molar-refractivity contribution in [2.45, 2.75) is 102 Å². The minimum atomic E-state index is -1.53. The van der Waals surface area contributed by atoms with Crippen LogP contribution < -0.4 is 21.3 Å². The molecule has 1 heterocycles. The third-order valence-electron chi connectivity index (χ3n) is 8.18. The maximum Gasteiger partial charge on any atom is 0.408 e. The molecular formula is C30H43ClN4O6. The summed E-state index contributed by atoms with van der Waals surface area (Å²) in [5, 5.41) is 22.8. The molecule has 1 aromatic carbocycles. The molecule has 226 valence electrons. The van der Waals surface area contributed by atoms with Crippen molar-refractivity contribution in [2.75, 3.05) is 6.54 Å². The van der Waals surface area contributed by atoms with Crippen molar-refractivity contribution < 1.29 is 29.0 Å². The monoisotopic (exact) mass is 590 g/mol. The molecule has 0 radical (unpaired) electrons. The normalized spacial score (nSPS) is 24.3. The lowest BCUT2D eigenvalue weighted by molar-refractivity contribution is -0.137. The van der Waals surface area contributed by atoms with Gasteiger partial charge >= 0.3 is 6.09 Å². The van der Waals surface area contributed by atoms with Crippen molar-refractivity contribution in [1.29, 1.82) is 0 Å². The van der Waals surface area contributed by atoms with Crippen LogP contribution in [0.5, 0.6) is 0 Å². The van der Waals surface area contributed by atoms with E-state index in [-0.39, 0.29) is 42.7 Å². The molecule has 5 N–H and O–H groups in total. The summed E-state index contributed by atoms with van der Waals surface area (Å²) in [7, 11) is 0. The number of carbonyl (C=O) groups is 4. The molecule has 1 aromatic rings. The van der Waals surface area contributed by atoms with Crippen molar-refractivity contribution >= 4 is 35.4 Å². The number of rotatable bonds is 13. The Hall–Kier alpha value is -2.85. The zero-order valence-electron chi connectivity index (χ0n) is 23.9. The minimum absolute atomic E-state index is 0.0299. The van der Waals surface area contributed by atoms with Crippen molar-refractivity contribution in [3.05, 3.63) is 34.9 Å². The van der Waals surface area contributed by atoms with E-state index in [1.807, 2.05) is 38.1 Å². The first-order chi connectivity index (χ1) is 19.6. The number of benzene rings is 1. The van der Waals surface area contributed by atoms with Gasteiger partial charge in [0.05, 0.1) is 6.04 Å². The van der Waals surface area contributed by atoms with E-state index in [4.69, 9.17) is 16.3 Å². The molecule has 11 heteroatoms. The molecule has 0 spiro atoms. The lowest BCUT2D eigenvalue weighted by Gasteiger charge is -2.28. The highest BCUT2D eigenvalue weighted by molar-refractivity contribution is 6.30. The number of alkyl carbamates (subject to hydrolysis) is 1. The summed E-state index contributed by atoms with van der Waals surface area (Å²) < 4.78 is 5.66. The van der Waals surface area contributed by atoms with Crippen LogP contribution >= 0.6 is 11.6 Å². The average molecular weight is 591 g/mol. The fourth-order valence-electron chi connectivity index (χ4n) is 5.81. The number of ether oxygens (including phenoxy) is 1.